The molecular weight excluding hydrogens is 323 g/mol. The largest absolute Gasteiger partial charge is 0.497 e. The monoisotopic (exact) mass is 340 g/mol. The van der Waals surface area contributed by atoms with Gasteiger partial charge in [-0.15, -0.1) is 0 Å². The molecule has 0 aliphatic carbocycles. The second kappa shape index (κ2) is 8.01. The van der Waals surface area contributed by atoms with Crippen LogP contribution in [0.1, 0.15) is 0 Å². The fourth-order valence-electron chi connectivity index (χ4n) is 1.98. The highest BCUT2D eigenvalue weighted by molar-refractivity contribution is 6.35. The van der Waals surface area contributed by atoms with E-state index in [4.69, 9.17) is 32.7 Å². The quantitative estimate of drug-likeness (QED) is 0.726. The predicted molar refractivity (Wildman–Crippen MR) is 93.0 cm³/mol. The molecule has 2 rings (SSSR count). The van der Waals surface area contributed by atoms with Gasteiger partial charge < -0.3 is 20.1 Å². The summed E-state index contributed by atoms with van der Waals surface area (Å²) in [5.74, 6) is 1.54. The molecule has 0 radical (unpaired) electrons. The van der Waals surface area contributed by atoms with Crippen molar-refractivity contribution in [2.45, 2.75) is 0 Å². The van der Waals surface area contributed by atoms with Crippen LogP contribution in [0.5, 0.6) is 11.5 Å². The van der Waals surface area contributed by atoms with Crippen molar-refractivity contribution in [1.82, 2.24) is 0 Å². The van der Waals surface area contributed by atoms with Gasteiger partial charge in [0.1, 0.15) is 11.5 Å². The van der Waals surface area contributed by atoms with Crippen molar-refractivity contribution >= 4 is 34.6 Å². The number of hydrogen-bond donors (Lipinski definition) is 2. The molecule has 0 spiro atoms. The molecular formula is C16H18Cl2N2O2. The Kier molecular flexibility index (Phi) is 6.04. The van der Waals surface area contributed by atoms with Crippen molar-refractivity contribution in [2.75, 3.05) is 37.9 Å². The van der Waals surface area contributed by atoms with Gasteiger partial charge in [-0.3, -0.25) is 0 Å². The van der Waals surface area contributed by atoms with Crippen LogP contribution in [0, 0.1) is 0 Å². The number of nitrogens with one attached hydrogen (secondary N) is 2. The summed E-state index contributed by atoms with van der Waals surface area (Å²) in [4.78, 5) is 0. The molecule has 0 saturated heterocycles. The van der Waals surface area contributed by atoms with E-state index in [0.717, 1.165) is 22.9 Å². The van der Waals surface area contributed by atoms with Gasteiger partial charge in [0.05, 0.1) is 30.6 Å². The zero-order valence-electron chi connectivity index (χ0n) is 12.5. The van der Waals surface area contributed by atoms with Crippen molar-refractivity contribution in [3.05, 3.63) is 46.4 Å². The molecule has 6 heteroatoms. The average molecular weight is 341 g/mol. The van der Waals surface area contributed by atoms with Crippen LogP contribution in [0.15, 0.2) is 36.4 Å². The molecule has 0 aromatic heterocycles. The summed E-state index contributed by atoms with van der Waals surface area (Å²) in [6.07, 6.45) is 0. The molecule has 0 aliphatic heterocycles. The summed E-state index contributed by atoms with van der Waals surface area (Å²) >= 11 is 12.1. The van der Waals surface area contributed by atoms with Crippen LogP contribution in [0.25, 0.3) is 0 Å². The van der Waals surface area contributed by atoms with Crippen LogP contribution in [0.3, 0.4) is 0 Å². The lowest BCUT2D eigenvalue weighted by Gasteiger charge is -2.14. The summed E-state index contributed by atoms with van der Waals surface area (Å²) in [6.45, 7) is 1.37. The highest BCUT2D eigenvalue weighted by atomic mass is 35.5. The molecule has 2 aromatic carbocycles. The normalized spacial score (nSPS) is 10.2. The maximum atomic E-state index is 6.10. The number of benzene rings is 2. The van der Waals surface area contributed by atoms with E-state index < -0.39 is 0 Å². The Hall–Kier alpha value is -1.78. The molecule has 118 valence electrons. The first-order valence-corrected chi connectivity index (χ1v) is 7.54. The van der Waals surface area contributed by atoms with Gasteiger partial charge in [0.25, 0.3) is 0 Å². The maximum absolute atomic E-state index is 6.10. The molecule has 4 nitrogen and oxygen atoms in total. The first-order valence-electron chi connectivity index (χ1n) is 6.79. The van der Waals surface area contributed by atoms with E-state index in [0.29, 0.717) is 23.1 Å². The Morgan fingerprint density at radius 3 is 2.27 bits per heavy atom. The average Bonchev–Trinajstić information content (AvgIpc) is 2.54. The summed E-state index contributed by atoms with van der Waals surface area (Å²) in [5.41, 5.74) is 1.69. The minimum atomic E-state index is 0.642. The number of hydrogen-bond acceptors (Lipinski definition) is 4. The van der Waals surface area contributed by atoms with E-state index in [2.05, 4.69) is 10.6 Å². The van der Waals surface area contributed by atoms with E-state index in [1.807, 2.05) is 18.2 Å². The lowest BCUT2D eigenvalue weighted by molar-refractivity contribution is 0.404. The standard InChI is InChI=1S/C16H18Cl2N2O2/c1-21-12-4-6-16(22-2)15(10-12)20-8-7-19-14-9-11(17)3-5-13(14)18/h3-6,9-10,19-20H,7-8H2,1-2H3. The fourth-order valence-corrected chi connectivity index (χ4v) is 2.34. The second-order valence-electron chi connectivity index (χ2n) is 4.54. The van der Waals surface area contributed by atoms with Crippen molar-refractivity contribution in [2.24, 2.45) is 0 Å². The van der Waals surface area contributed by atoms with Gasteiger partial charge in [-0.1, -0.05) is 23.2 Å². The highest BCUT2D eigenvalue weighted by Crippen LogP contribution is 2.29. The Morgan fingerprint density at radius 1 is 0.864 bits per heavy atom. The SMILES string of the molecule is COc1ccc(OC)c(NCCNc2cc(Cl)ccc2Cl)c1. The topological polar surface area (TPSA) is 42.5 Å². The number of methoxy groups -OCH3 is 2. The van der Waals surface area contributed by atoms with Gasteiger partial charge in [-0.05, 0) is 30.3 Å². The van der Waals surface area contributed by atoms with Crippen molar-refractivity contribution in [3.63, 3.8) is 0 Å². The predicted octanol–water partition coefficient (Wildman–Crippen LogP) is 4.53. The Balaban J connectivity index is 1.92. The molecule has 0 heterocycles. The van der Waals surface area contributed by atoms with Crippen LogP contribution in [-0.2, 0) is 0 Å². The van der Waals surface area contributed by atoms with Crippen molar-refractivity contribution in [3.8, 4) is 11.5 Å². The number of halogens is 2. The van der Waals surface area contributed by atoms with Crippen LogP contribution in [-0.4, -0.2) is 27.3 Å². The van der Waals surface area contributed by atoms with Gasteiger partial charge in [-0.25, -0.2) is 0 Å². The van der Waals surface area contributed by atoms with E-state index in [1.54, 1.807) is 32.4 Å². The third-order valence-electron chi connectivity index (χ3n) is 3.09. The maximum Gasteiger partial charge on any atom is 0.142 e. The van der Waals surface area contributed by atoms with Gasteiger partial charge in [0, 0.05) is 24.2 Å². The minimum absolute atomic E-state index is 0.642. The van der Waals surface area contributed by atoms with Gasteiger partial charge in [0.2, 0.25) is 0 Å². The molecule has 0 aliphatic rings. The van der Waals surface area contributed by atoms with Crippen LogP contribution >= 0.6 is 23.2 Å². The van der Waals surface area contributed by atoms with Crippen molar-refractivity contribution < 1.29 is 9.47 Å². The molecule has 0 amide bonds. The molecule has 2 N–H and O–H groups in total. The van der Waals surface area contributed by atoms with Crippen LogP contribution in [0.4, 0.5) is 11.4 Å². The molecule has 0 atom stereocenters. The Labute approximate surface area is 140 Å². The third kappa shape index (κ3) is 4.36. The first kappa shape index (κ1) is 16.6. The van der Waals surface area contributed by atoms with Crippen molar-refractivity contribution in [1.29, 1.82) is 0 Å². The zero-order chi connectivity index (χ0) is 15.9. The van der Waals surface area contributed by atoms with E-state index in [-0.39, 0.29) is 0 Å². The summed E-state index contributed by atoms with van der Waals surface area (Å²) in [5, 5.41) is 7.83. The molecule has 0 fully saturated rings. The molecule has 0 unspecified atom stereocenters. The van der Waals surface area contributed by atoms with Gasteiger partial charge in [-0.2, -0.15) is 0 Å². The van der Waals surface area contributed by atoms with Gasteiger partial charge >= 0.3 is 0 Å². The summed E-state index contributed by atoms with van der Waals surface area (Å²) in [6, 6.07) is 10.9. The lowest BCUT2D eigenvalue weighted by Crippen LogP contribution is -2.14. The highest BCUT2D eigenvalue weighted by Gasteiger charge is 2.05. The number of anilines is 2. The molecule has 0 saturated carbocycles. The zero-order valence-corrected chi connectivity index (χ0v) is 14.0. The first-order chi connectivity index (χ1) is 10.6. The fraction of sp³-hybridized carbons (Fsp3) is 0.250. The third-order valence-corrected chi connectivity index (χ3v) is 3.66. The van der Waals surface area contributed by atoms with E-state index in [1.165, 1.54) is 0 Å². The smallest absolute Gasteiger partial charge is 0.142 e. The molecule has 2 aromatic rings. The molecule has 22 heavy (non-hydrogen) atoms. The van der Waals surface area contributed by atoms with Gasteiger partial charge in [0.15, 0.2) is 0 Å². The van der Waals surface area contributed by atoms with E-state index in [9.17, 15) is 0 Å². The lowest BCUT2D eigenvalue weighted by atomic mass is 10.2. The number of rotatable bonds is 7. The summed E-state index contributed by atoms with van der Waals surface area (Å²) in [7, 11) is 3.27. The van der Waals surface area contributed by atoms with Crippen LogP contribution in [0.2, 0.25) is 10.0 Å². The van der Waals surface area contributed by atoms with E-state index >= 15 is 0 Å². The number of ether oxygens (including phenoxy) is 2. The summed E-state index contributed by atoms with van der Waals surface area (Å²) < 4.78 is 10.5. The molecule has 0 bridgehead atoms. The minimum Gasteiger partial charge on any atom is -0.497 e. The Morgan fingerprint density at radius 2 is 1.59 bits per heavy atom. The second-order valence-corrected chi connectivity index (χ2v) is 5.39. The Bertz CT molecular complexity index is 636. The van der Waals surface area contributed by atoms with Crippen LogP contribution < -0.4 is 20.1 Å².